The highest BCUT2D eigenvalue weighted by Crippen LogP contribution is 2.34. The molecule has 0 radical (unpaired) electrons. The SMILES string of the molecule is N#Cc1cnn2cc(Br)cc(Sc3ncccc3F)c12. The molecule has 3 heterocycles. The number of hydrogen-bond donors (Lipinski definition) is 0. The van der Waals surface area contributed by atoms with Crippen LogP contribution in [0.3, 0.4) is 0 Å². The zero-order valence-electron chi connectivity index (χ0n) is 9.92. The van der Waals surface area contributed by atoms with Crippen molar-refractivity contribution in [1.82, 2.24) is 14.6 Å². The Balaban J connectivity index is 2.18. The number of hydrogen-bond acceptors (Lipinski definition) is 4. The summed E-state index contributed by atoms with van der Waals surface area (Å²) in [5.41, 5.74) is 1.09. The fraction of sp³-hybridized carbons (Fsp3) is 0. The number of nitrogens with zero attached hydrogens (tertiary/aromatic N) is 4. The van der Waals surface area contributed by atoms with E-state index < -0.39 is 5.82 Å². The molecule has 0 amide bonds. The summed E-state index contributed by atoms with van der Waals surface area (Å²) in [5, 5.41) is 13.5. The topological polar surface area (TPSA) is 54.0 Å². The van der Waals surface area contributed by atoms with Crippen molar-refractivity contribution in [2.24, 2.45) is 0 Å². The zero-order chi connectivity index (χ0) is 14.1. The Labute approximate surface area is 126 Å². The molecule has 0 aliphatic carbocycles. The predicted molar refractivity (Wildman–Crippen MR) is 75.9 cm³/mol. The number of fused-ring (bicyclic) bond motifs is 1. The van der Waals surface area contributed by atoms with Crippen molar-refractivity contribution in [3.05, 3.63) is 52.6 Å². The molecule has 0 saturated carbocycles. The number of pyridine rings is 2. The first-order valence-corrected chi connectivity index (χ1v) is 7.15. The third-order valence-electron chi connectivity index (χ3n) is 2.60. The highest BCUT2D eigenvalue weighted by Gasteiger charge is 2.14. The van der Waals surface area contributed by atoms with Gasteiger partial charge < -0.3 is 0 Å². The molecule has 0 unspecified atom stereocenters. The first-order valence-electron chi connectivity index (χ1n) is 5.54. The molecule has 20 heavy (non-hydrogen) atoms. The lowest BCUT2D eigenvalue weighted by Gasteiger charge is -2.05. The van der Waals surface area contributed by atoms with Gasteiger partial charge in [0.15, 0.2) is 5.82 Å². The molecule has 98 valence electrons. The second kappa shape index (κ2) is 5.23. The lowest BCUT2D eigenvalue weighted by Crippen LogP contribution is -1.91. The van der Waals surface area contributed by atoms with E-state index in [1.165, 1.54) is 24.5 Å². The van der Waals surface area contributed by atoms with E-state index >= 15 is 0 Å². The summed E-state index contributed by atoms with van der Waals surface area (Å²) in [7, 11) is 0. The molecule has 3 aromatic heterocycles. The van der Waals surface area contributed by atoms with Crippen LogP contribution in [0.15, 0.2) is 51.2 Å². The van der Waals surface area contributed by atoms with E-state index in [9.17, 15) is 4.39 Å². The minimum absolute atomic E-state index is 0.262. The second-order valence-electron chi connectivity index (χ2n) is 3.88. The highest BCUT2D eigenvalue weighted by atomic mass is 79.9. The van der Waals surface area contributed by atoms with Gasteiger partial charge in [-0.25, -0.2) is 13.9 Å². The lowest BCUT2D eigenvalue weighted by molar-refractivity contribution is 0.588. The molecule has 3 aromatic rings. The maximum atomic E-state index is 13.7. The van der Waals surface area contributed by atoms with Crippen molar-refractivity contribution < 1.29 is 4.39 Å². The van der Waals surface area contributed by atoms with Gasteiger partial charge in [0.05, 0.1) is 17.3 Å². The Hall–Kier alpha value is -1.91. The summed E-state index contributed by atoms with van der Waals surface area (Å²) < 4.78 is 16.1. The van der Waals surface area contributed by atoms with E-state index in [4.69, 9.17) is 5.26 Å². The maximum Gasteiger partial charge on any atom is 0.155 e. The average Bonchev–Trinajstić information content (AvgIpc) is 2.84. The Kier molecular flexibility index (Phi) is 3.42. The van der Waals surface area contributed by atoms with Crippen LogP contribution in [0.4, 0.5) is 4.39 Å². The molecule has 7 heteroatoms. The summed E-state index contributed by atoms with van der Waals surface area (Å²) in [4.78, 5) is 4.72. The van der Waals surface area contributed by atoms with Crippen molar-refractivity contribution in [3.8, 4) is 6.07 Å². The van der Waals surface area contributed by atoms with E-state index in [-0.39, 0.29) is 5.03 Å². The molecule has 0 aromatic carbocycles. The fourth-order valence-electron chi connectivity index (χ4n) is 1.76. The molecule has 4 nitrogen and oxygen atoms in total. The standard InChI is InChI=1S/C13H6BrFN4S/c14-9-4-11(20-13-10(15)2-1-3-17-13)12-8(5-16)6-18-19(12)7-9/h1-4,6-7H. The van der Waals surface area contributed by atoms with Crippen LogP contribution in [0.5, 0.6) is 0 Å². The average molecular weight is 349 g/mol. The number of aromatic nitrogens is 3. The molecule has 3 rings (SSSR count). The number of halogens is 2. The molecule has 0 saturated heterocycles. The molecule has 0 aliphatic rings. The molecule has 0 N–H and O–H groups in total. The van der Waals surface area contributed by atoms with Crippen LogP contribution in [0.2, 0.25) is 0 Å². The van der Waals surface area contributed by atoms with Gasteiger partial charge in [-0.1, -0.05) is 11.8 Å². The van der Waals surface area contributed by atoms with E-state index in [1.54, 1.807) is 10.7 Å². The third-order valence-corrected chi connectivity index (χ3v) is 4.05. The summed E-state index contributed by atoms with van der Waals surface area (Å²) in [5.74, 6) is -0.395. The van der Waals surface area contributed by atoms with Gasteiger partial charge in [-0.2, -0.15) is 10.4 Å². The summed E-state index contributed by atoms with van der Waals surface area (Å²) in [6.45, 7) is 0. The smallest absolute Gasteiger partial charge is 0.155 e. The van der Waals surface area contributed by atoms with Crippen LogP contribution in [-0.4, -0.2) is 14.6 Å². The van der Waals surface area contributed by atoms with Crippen molar-refractivity contribution >= 4 is 33.2 Å². The second-order valence-corrected chi connectivity index (χ2v) is 5.82. The molecule has 0 atom stereocenters. The molecule has 0 bridgehead atoms. The van der Waals surface area contributed by atoms with Gasteiger partial charge in [-0.15, -0.1) is 0 Å². The minimum Gasteiger partial charge on any atom is -0.246 e. The van der Waals surface area contributed by atoms with E-state index in [1.807, 2.05) is 6.07 Å². The maximum absolute atomic E-state index is 13.7. The molecule has 0 fully saturated rings. The Bertz CT molecular complexity index is 840. The number of rotatable bonds is 2. The highest BCUT2D eigenvalue weighted by molar-refractivity contribution is 9.10. The van der Waals surface area contributed by atoms with Crippen LogP contribution >= 0.6 is 27.7 Å². The Morgan fingerprint density at radius 1 is 1.45 bits per heavy atom. The number of nitriles is 1. The Morgan fingerprint density at radius 3 is 3.05 bits per heavy atom. The third kappa shape index (κ3) is 2.28. The first kappa shape index (κ1) is 13.1. The predicted octanol–water partition coefficient (Wildman–Crippen LogP) is 3.65. The van der Waals surface area contributed by atoms with Crippen molar-refractivity contribution in [2.75, 3.05) is 0 Å². The van der Waals surface area contributed by atoms with Gasteiger partial charge in [-0.05, 0) is 34.1 Å². The van der Waals surface area contributed by atoms with Crippen LogP contribution in [0, 0.1) is 17.1 Å². The lowest BCUT2D eigenvalue weighted by atomic mass is 10.3. The summed E-state index contributed by atoms with van der Waals surface area (Å²) in [6, 6.07) is 6.79. The summed E-state index contributed by atoms with van der Waals surface area (Å²) >= 11 is 4.54. The first-order chi connectivity index (χ1) is 9.69. The van der Waals surface area contributed by atoms with Crippen molar-refractivity contribution in [1.29, 1.82) is 5.26 Å². The van der Waals surface area contributed by atoms with Gasteiger partial charge in [0.1, 0.15) is 11.1 Å². The fourth-order valence-corrected chi connectivity index (χ4v) is 3.31. The summed E-state index contributed by atoms with van der Waals surface area (Å²) in [6.07, 6.45) is 4.76. The minimum atomic E-state index is -0.395. The van der Waals surface area contributed by atoms with Crippen LogP contribution in [0.1, 0.15) is 5.56 Å². The monoisotopic (exact) mass is 348 g/mol. The van der Waals surface area contributed by atoms with Crippen molar-refractivity contribution in [3.63, 3.8) is 0 Å². The van der Waals surface area contributed by atoms with Gasteiger partial charge in [-0.3, -0.25) is 0 Å². The molecule has 0 spiro atoms. The van der Waals surface area contributed by atoms with Gasteiger partial charge in [0, 0.05) is 21.8 Å². The van der Waals surface area contributed by atoms with Gasteiger partial charge in [0.2, 0.25) is 0 Å². The van der Waals surface area contributed by atoms with Gasteiger partial charge >= 0.3 is 0 Å². The van der Waals surface area contributed by atoms with E-state index in [0.717, 1.165) is 16.2 Å². The van der Waals surface area contributed by atoms with Crippen LogP contribution < -0.4 is 0 Å². The van der Waals surface area contributed by atoms with E-state index in [0.29, 0.717) is 16.0 Å². The largest absolute Gasteiger partial charge is 0.246 e. The van der Waals surface area contributed by atoms with Crippen LogP contribution in [-0.2, 0) is 0 Å². The quantitative estimate of drug-likeness (QED) is 0.709. The zero-order valence-corrected chi connectivity index (χ0v) is 12.3. The molecular weight excluding hydrogens is 343 g/mol. The van der Waals surface area contributed by atoms with Gasteiger partial charge in [0.25, 0.3) is 0 Å². The van der Waals surface area contributed by atoms with Crippen molar-refractivity contribution in [2.45, 2.75) is 9.92 Å². The normalized spacial score (nSPS) is 10.7. The molecule has 0 aliphatic heterocycles. The van der Waals surface area contributed by atoms with Crippen LogP contribution in [0.25, 0.3) is 5.52 Å². The van der Waals surface area contributed by atoms with E-state index in [2.05, 4.69) is 32.1 Å². The Morgan fingerprint density at radius 2 is 2.30 bits per heavy atom. The molecular formula is C13H6BrFN4S.